The molecule has 0 aliphatic rings. The number of hydrogen-bond donors (Lipinski definition) is 1. The van der Waals surface area contributed by atoms with Gasteiger partial charge in [-0.25, -0.2) is 8.42 Å². The zero-order valence-corrected chi connectivity index (χ0v) is 25.1. The molecule has 0 aliphatic carbocycles. The summed E-state index contributed by atoms with van der Waals surface area (Å²) in [5, 5.41) is 2.96. The highest BCUT2D eigenvalue weighted by molar-refractivity contribution is 7.92. The van der Waals surface area contributed by atoms with Crippen LogP contribution in [0, 0.1) is 0 Å². The van der Waals surface area contributed by atoms with Crippen molar-refractivity contribution in [2.75, 3.05) is 17.1 Å². The van der Waals surface area contributed by atoms with Crippen molar-refractivity contribution in [3.63, 3.8) is 0 Å². The van der Waals surface area contributed by atoms with Crippen LogP contribution in [0.4, 0.5) is 5.69 Å². The van der Waals surface area contributed by atoms with E-state index in [2.05, 4.69) is 26.1 Å². The minimum absolute atomic E-state index is 0.106. The highest BCUT2D eigenvalue weighted by Gasteiger charge is 2.33. The van der Waals surface area contributed by atoms with Crippen LogP contribution in [-0.2, 0) is 38.0 Å². The molecule has 0 heterocycles. The molecule has 0 saturated heterocycles. The molecule has 2 amide bonds. The number of amides is 2. The van der Waals surface area contributed by atoms with Gasteiger partial charge in [0.15, 0.2) is 0 Å². The van der Waals surface area contributed by atoms with Gasteiger partial charge >= 0.3 is 0 Å². The molecule has 40 heavy (non-hydrogen) atoms. The van der Waals surface area contributed by atoms with Crippen LogP contribution >= 0.6 is 0 Å². The molecular weight excluding hydrogens is 522 g/mol. The number of nitrogens with zero attached hydrogens (tertiary/aromatic N) is 2. The van der Waals surface area contributed by atoms with Crippen LogP contribution in [0.2, 0.25) is 0 Å². The Kier molecular flexibility index (Phi) is 10.1. The van der Waals surface area contributed by atoms with Crippen molar-refractivity contribution in [2.24, 2.45) is 0 Å². The second-order valence-electron chi connectivity index (χ2n) is 11.4. The number of rotatable bonds is 11. The summed E-state index contributed by atoms with van der Waals surface area (Å²) in [6, 6.07) is 25.2. The molecule has 1 atom stereocenters. The number of carbonyl (C=O) groups is 2. The van der Waals surface area contributed by atoms with Crippen LogP contribution in [0.15, 0.2) is 84.9 Å². The predicted molar refractivity (Wildman–Crippen MR) is 162 cm³/mol. The summed E-state index contributed by atoms with van der Waals surface area (Å²) < 4.78 is 27.0. The normalized spacial score (nSPS) is 12.6. The smallest absolute Gasteiger partial charge is 0.244 e. The fourth-order valence-corrected chi connectivity index (χ4v) is 5.31. The molecule has 0 spiro atoms. The monoisotopic (exact) mass is 563 g/mol. The van der Waals surface area contributed by atoms with Gasteiger partial charge in [0.2, 0.25) is 21.8 Å². The van der Waals surface area contributed by atoms with Crippen LogP contribution < -0.4 is 9.62 Å². The molecule has 0 aliphatic heterocycles. The van der Waals surface area contributed by atoms with E-state index in [1.54, 1.807) is 12.1 Å². The van der Waals surface area contributed by atoms with Crippen molar-refractivity contribution in [3.8, 4) is 0 Å². The van der Waals surface area contributed by atoms with Gasteiger partial charge in [0.25, 0.3) is 0 Å². The second kappa shape index (κ2) is 13.1. The highest BCUT2D eigenvalue weighted by atomic mass is 32.2. The Balaban J connectivity index is 2.03. The van der Waals surface area contributed by atoms with Crippen LogP contribution in [0.25, 0.3) is 0 Å². The van der Waals surface area contributed by atoms with Gasteiger partial charge in [-0.05, 0) is 48.1 Å². The molecule has 1 N–H and O–H groups in total. The Morgan fingerprint density at radius 1 is 0.825 bits per heavy atom. The van der Waals surface area contributed by atoms with Gasteiger partial charge in [-0.2, -0.15) is 0 Å². The van der Waals surface area contributed by atoms with E-state index in [9.17, 15) is 18.0 Å². The Morgan fingerprint density at radius 2 is 1.35 bits per heavy atom. The van der Waals surface area contributed by atoms with Gasteiger partial charge < -0.3 is 10.2 Å². The van der Waals surface area contributed by atoms with E-state index in [4.69, 9.17) is 0 Å². The summed E-state index contributed by atoms with van der Waals surface area (Å²) in [6.07, 6.45) is 1.38. The average molecular weight is 564 g/mol. The van der Waals surface area contributed by atoms with Crippen molar-refractivity contribution in [2.45, 2.75) is 65.1 Å². The maximum Gasteiger partial charge on any atom is 0.244 e. The molecule has 3 rings (SSSR count). The molecule has 3 aromatic carbocycles. The van der Waals surface area contributed by atoms with Gasteiger partial charge in [-0.15, -0.1) is 0 Å². The molecule has 0 bridgehead atoms. The summed E-state index contributed by atoms with van der Waals surface area (Å²) >= 11 is 0. The first kappa shape index (κ1) is 30.9. The Bertz CT molecular complexity index is 1370. The first-order valence-electron chi connectivity index (χ1n) is 13.5. The third-order valence-corrected chi connectivity index (χ3v) is 7.74. The summed E-state index contributed by atoms with van der Waals surface area (Å²) in [5.74, 6) is -0.752. The molecule has 0 unspecified atom stereocenters. The lowest BCUT2D eigenvalue weighted by atomic mass is 9.87. The zero-order chi connectivity index (χ0) is 29.5. The molecule has 0 aromatic heterocycles. The minimum atomic E-state index is -3.81. The predicted octanol–water partition coefficient (Wildman–Crippen LogP) is 4.91. The SMILES string of the molecule is CC(C)NC(=O)[C@@H](Cc1ccccc1)N(Cc1ccccc1)C(=O)CN(c1ccc(C(C)(C)C)cc1)S(C)(=O)=O. The molecular formula is C32H41N3O4S. The number of carbonyl (C=O) groups excluding carboxylic acids is 2. The number of anilines is 1. The molecule has 0 fully saturated rings. The van der Waals surface area contributed by atoms with E-state index in [1.165, 1.54) is 4.90 Å². The summed E-state index contributed by atoms with van der Waals surface area (Å²) in [5.41, 5.74) is 3.08. The van der Waals surface area contributed by atoms with Crippen LogP contribution in [0.5, 0.6) is 0 Å². The molecule has 3 aromatic rings. The zero-order valence-electron chi connectivity index (χ0n) is 24.3. The third-order valence-electron chi connectivity index (χ3n) is 6.60. The van der Waals surface area contributed by atoms with Crippen molar-refractivity contribution in [3.05, 3.63) is 102 Å². The van der Waals surface area contributed by atoms with E-state index >= 15 is 0 Å². The summed E-state index contributed by atoms with van der Waals surface area (Å²) in [4.78, 5) is 29.1. The molecule has 8 heteroatoms. The largest absolute Gasteiger partial charge is 0.352 e. The van der Waals surface area contributed by atoms with Crippen molar-refractivity contribution in [1.29, 1.82) is 0 Å². The fraction of sp³-hybridized carbons (Fsp3) is 0.375. The number of nitrogens with one attached hydrogen (secondary N) is 1. The lowest BCUT2D eigenvalue weighted by molar-refractivity contribution is -0.140. The van der Waals surface area contributed by atoms with E-state index in [-0.39, 0.29) is 30.3 Å². The maximum absolute atomic E-state index is 14.1. The molecule has 7 nitrogen and oxygen atoms in total. The van der Waals surface area contributed by atoms with Crippen molar-refractivity contribution in [1.82, 2.24) is 10.2 Å². The van der Waals surface area contributed by atoms with Gasteiger partial charge in [0, 0.05) is 19.0 Å². The van der Waals surface area contributed by atoms with Crippen molar-refractivity contribution >= 4 is 27.5 Å². The van der Waals surface area contributed by atoms with E-state index in [1.807, 2.05) is 86.6 Å². The van der Waals surface area contributed by atoms with Gasteiger partial charge in [0.1, 0.15) is 12.6 Å². The highest BCUT2D eigenvalue weighted by Crippen LogP contribution is 2.26. The van der Waals surface area contributed by atoms with Gasteiger partial charge in [-0.1, -0.05) is 93.6 Å². The molecule has 214 valence electrons. The molecule has 0 saturated carbocycles. The number of sulfonamides is 1. The first-order valence-corrected chi connectivity index (χ1v) is 15.4. The van der Waals surface area contributed by atoms with E-state index in [0.29, 0.717) is 5.69 Å². The number of hydrogen-bond acceptors (Lipinski definition) is 4. The Hall–Kier alpha value is -3.65. The summed E-state index contributed by atoms with van der Waals surface area (Å²) in [7, 11) is -3.81. The van der Waals surface area contributed by atoms with Gasteiger partial charge in [-0.3, -0.25) is 13.9 Å². The molecule has 0 radical (unpaired) electrons. The standard InChI is InChI=1S/C32H41N3O4S/c1-24(2)33-31(37)29(21-25-13-9-7-10-14-25)34(22-26-15-11-8-12-16-26)30(36)23-35(40(6,38)39)28-19-17-27(18-20-28)32(3,4)5/h7-20,24,29H,21-23H2,1-6H3,(H,33,37)/t29-/m1/s1. The minimum Gasteiger partial charge on any atom is -0.352 e. The topological polar surface area (TPSA) is 86.8 Å². The van der Waals surface area contributed by atoms with Crippen molar-refractivity contribution < 1.29 is 18.0 Å². The average Bonchev–Trinajstić information content (AvgIpc) is 2.89. The summed E-state index contributed by atoms with van der Waals surface area (Å²) in [6.45, 7) is 9.70. The lowest BCUT2D eigenvalue weighted by Gasteiger charge is -2.34. The third kappa shape index (κ3) is 8.68. The lowest BCUT2D eigenvalue weighted by Crippen LogP contribution is -2.54. The Labute approximate surface area is 239 Å². The van der Waals surface area contributed by atoms with E-state index < -0.39 is 28.5 Å². The Morgan fingerprint density at radius 3 is 1.82 bits per heavy atom. The maximum atomic E-state index is 14.1. The van der Waals surface area contributed by atoms with Crippen LogP contribution in [0.3, 0.4) is 0 Å². The van der Waals surface area contributed by atoms with Gasteiger partial charge in [0.05, 0.1) is 11.9 Å². The van der Waals surface area contributed by atoms with Crippen LogP contribution in [-0.4, -0.2) is 50.0 Å². The van der Waals surface area contributed by atoms with Crippen LogP contribution in [0.1, 0.15) is 51.3 Å². The second-order valence-corrected chi connectivity index (χ2v) is 13.3. The number of benzene rings is 3. The first-order chi connectivity index (χ1) is 18.8. The fourth-order valence-electron chi connectivity index (χ4n) is 4.46. The van der Waals surface area contributed by atoms with E-state index in [0.717, 1.165) is 27.3 Å². The quantitative estimate of drug-likeness (QED) is 0.359.